The molecule has 0 aliphatic heterocycles. The average molecular weight is 326 g/mol. The quantitative estimate of drug-likeness (QED) is 0.719. The minimum Gasteiger partial charge on any atom is -0.331 e. The fourth-order valence-corrected chi connectivity index (χ4v) is 2.56. The van der Waals surface area contributed by atoms with Gasteiger partial charge in [-0.15, -0.1) is 0 Å². The van der Waals surface area contributed by atoms with E-state index in [1.165, 1.54) is 5.56 Å². The van der Waals surface area contributed by atoms with Crippen LogP contribution in [0.5, 0.6) is 0 Å². The van der Waals surface area contributed by atoms with Crippen LogP contribution in [-0.4, -0.2) is 9.55 Å². The molecule has 0 N–H and O–H groups in total. The highest BCUT2D eigenvalue weighted by Crippen LogP contribution is 2.21. The largest absolute Gasteiger partial charge is 0.331 e. The molecule has 0 radical (unpaired) electrons. The minimum absolute atomic E-state index is 0.625. The third kappa shape index (κ3) is 2.21. The van der Waals surface area contributed by atoms with Crippen molar-refractivity contribution in [2.45, 2.75) is 6.42 Å². The van der Waals surface area contributed by atoms with Gasteiger partial charge in [-0.1, -0.05) is 34.1 Å². The molecule has 0 spiro atoms. The number of hydrogen-bond acceptors (Lipinski definition) is 2. The van der Waals surface area contributed by atoms with Crippen LogP contribution in [0.3, 0.4) is 0 Å². The Morgan fingerprint density at radius 2 is 1.95 bits per heavy atom. The van der Waals surface area contributed by atoms with Crippen LogP contribution in [0.25, 0.3) is 11.0 Å². The van der Waals surface area contributed by atoms with Crippen LogP contribution in [-0.2, 0) is 13.5 Å². The van der Waals surface area contributed by atoms with Crippen LogP contribution in [0.4, 0.5) is 0 Å². The number of hydrogen-bond donors (Lipinski definition) is 0. The Morgan fingerprint density at radius 1 is 1.20 bits per heavy atom. The van der Waals surface area contributed by atoms with Gasteiger partial charge in [0, 0.05) is 17.9 Å². The zero-order chi connectivity index (χ0) is 14.1. The predicted octanol–water partition coefficient (Wildman–Crippen LogP) is 3.80. The summed E-state index contributed by atoms with van der Waals surface area (Å²) in [5.74, 6) is 0.963. The summed E-state index contributed by atoms with van der Waals surface area (Å²) in [5, 5.41) is 9.15. The van der Waals surface area contributed by atoms with Crippen molar-refractivity contribution in [3.63, 3.8) is 0 Å². The van der Waals surface area contributed by atoms with E-state index in [9.17, 15) is 0 Å². The lowest BCUT2D eigenvalue weighted by molar-refractivity contribution is 0.844. The number of halogens is 1. The second-order valence-corrected chi connectivity index (χ2v) is 5.59. The molecular formula is C16H12BrN3. The van der Waals surface area contributed by atoms with Gasteiger partial charge in [0.05, 0.1) is 11.1 Å². The Labute approximate surface area is 125 Å². The molecule has 3 rings (SSSR count). The number of fused-ring (bicyclic) bond motifs is 1. The maximum absolute atomic E-state index is 9.15. The van der Waals surface area contributed by atoms with E-state index >= 15 is 0 Å². The standard InChI is InChI=1S/C16H12BrN3/c1-20-14-4-2-3-12(10-18)16(14)19-15(20)9-11-5-7-13(17)8-6-11/h2-8H,9H2,1H3. The van der Waals surface area contributed by atoms with Gasteiger partial charge in [-0.2, -0.15) is 5.26 Å². The van der Waals surface area contributed by atoms with Crippen molar-refractivity contribution in [2.75, 3.05) is 0 Å². The van der Waals surface area contributed by atoms with Crippen molar-refractivity contribution in [2.24, 2.45) is 7.05 Å². The molecule has 1 aromatic heterocycles. The molecule has 3 nitrogen and oxygen atoms in total. The first-order chi connectivity index (χ1) is 9.69. The van der Waals surface area contributed by atoms with Gasteiger partial charge < -0.3 is 4.57 Å². The lowest BCUT2D eigenvalue weighted by Crippen LogP contribution is -1.98. The molecule has 2 aromatic carbocycles. The summed E-state index contributed by atoms with van der Waals surface area (Å²) in [4.78, 5) is 4.63. The van der Waals surface area contributed by atoms with Gasteiger partial charge in [0.1, 0.15) is 17.4 Å². The molecule has 0 saturated carbocycles. The fraction of sp³-hybridized carbons (Fsp3) is 0.125. The van der Waals surface area contributed by atoms with Crippen LogP contribution in [0.2, 0.25) is 0 Å². The average Bonchev–Trinajstić information content (AvgIpc) is 2.78. The zero-order valence-corrected chi connectivity index (χ0v) is 12.6. The second kappa shape index (κ2) is 5.10. The number of aromatic nitrogens is 2. The maximum atomic E-state index is 9.15. The van der Waals surface area contributed by atoms with Gasteiger partial charge in [0.25, 0.3) is 0 Å². The smallest absolute Gasteiger partial charge is 0.114 e. The molecule has 98 valence electrons. The van der Waals surface area contributed by atoms with Crippen LogP contribution in [0.1, 0.15) is 17.0 Å². The molecule has 20 heavy (non-hydrogen) atoms. The zero-order valence-electron chi connectivity index (χ0n) is 11.0. The maximum Gasteiger partial charge on any atom is 0.114 e. The van der Waals surface area contributed by atoms with E-state index in [0.717, 1.165) is 27.8 Å². The first-order valence-electron chi connectivity index (χ1n) is 6.28. The van der Waals surface area contributed by atoms with E-state index < -0.39 is 0 Å². The molecule has 0 aliphatic rings. The molecule has 0 saturated heterocycles. The Balaban J connectivity index is 2.06. The summed E-state index contributed by atoms with van der Waals surface area (Å²) in [6, 6.07) is 16.1. The normalized spacial score (nSPS) is 10.7. The molecule has 0 unspecified atom stereocenters. The highest BCUT2D eigenvalue weighted by atomic mass is 79.9. The van der Waals surface area contributed by atoms with Crippen LogP contribution in [0.15, 0.2) is 46.9 Å². The van der Waals surface area contributed by atoms with Gasteiger partial charge in [-0.3, -0.25) is 0 Å². The highest BCUT2D eigenvalue weighted by Gasteiger charge is 2.11. The van der Waals surface area contributed by atoms with Crippen LogP contribution in [0, 0.1) is 11.3 Å². The Hall–Kier alpha value is -2.12. The van der Waals surface area contributed by atoms with Crippen molar-refractivity contribution >= 4 is 27.0 Å². The Bertz CT molecular complexity index is 810. The monoisotopic (exact) mass is 325 g/mol. The van der Waals surface area contributed by atoms with E-state index in [0.29, 0.717) is 5.56 Å². The van der Waals surface area contributed by atoms with Gasteiger partial charge in [-0.05, 0) is 29.8 Å². The number of nitriles is 1. The summed E-state index contributed by atoms with van der Waals surface area (Å²) >= 11 is 3.44. The molecule has 4 heteroatoms. The molecule has 0 atom stereocenters. The molecule has 0 aliphatic carbocycles. The second-order valence-electron chi connectivity index (χ2n) is 4.68. The SMILES string of the molecule is Cn1c(Cc2ccc(Br)cc2)nc2c(C#N)cccc21. The number of rotatable bonds is 2. The molecule has 0 fully saturated rings. The molecule has 1 heterocycles. The summed E-state index contributed by atoms with van der Waals surface area (Å²) in [7, 11) is 1.99. The predicted molar refractivity (Wildman–Crippen MR) is 82.4 cm³/mol. The number of para-hydroxylation sites is 1. The minimum atomic E-state index is 0.625. The first kappa shape index (κ1) is 12.9. The van der Waals surface area contributed by atoms with Crippen molar-refractivity contribution in [1.82, 2.24) is 9.55 Å². The highest BCUT2D eigenvalue weighted by molar-refractivity contribution is 9.10. The summed E-state index contributed by atoms with van der Waals surface area (Å²) in [5.41, 5.74) is 3.60. The number of aryl methyl sites for hydroxylation is 1. The Kier molecular flexibility index (Phi) is 3.29. The van der Waals surface area contributed by atoms with Gasteiger partial charge >= 0.3 is 0 Å². The van der Waals surface area contributed by atoms with Gasteiger partial charge in [0.15, 0.2) is 0 Å². The fourth-order valence-electron chi connectivity index (χ4n) is 2.30. The lowest BCUT2D eigenvalue weighted by Gasteiger charge is -2.03. The number of imidazole rings is 1. The Morgan fingerprint density at radius 3 is 2.65 bits per heavy atom. The van der Waals surface area contributed by atoms with Crippen molar-refractivity contribution in [1.29, 1.82) is 5.26 Å². The number of nitrogens with zero attached hydrogens (tertiary/aromatic N) is 3. The van der Waals surface area contributed by atoms with Crippen LogP contribution < -0.4 is 0 Å². The van der Waals surface area contributed by atoms with E-state index in [1.807, 2.05) is 31.3 Å². The van der Waals surface area contributed by atoms with Gasteiger partial charge in [0.2, 0.25) is 0 Å². The van der Waals surface area contributed by atoms with Crippen molar-refractivity contribution in [3.8, 4) is 6.07 Å². The van der Waals surface area contributed by atoms with Crippen molar-refractivity contribution < 1.29 is 0 Å². The van der Waals surface area contributed by atoms with Crippen LogP contribution >= 0.6 is 15.9 Å². The third-order valence-electron chi connectivity index (χ3n) is 3.40. The third-order valence-corrected chi connectivity index (χ3v) is 3.93. The molecule has 3 aromatic rings. The van der Waals surface area contributed by atoms with Crippen molar-refractivity contribution in [3.05, 3.63) is 63.9 Å². The number of benzene rings is 2. The molecular weight excluding hydrogens is 314 g/mol. The molecule has 0 bridgehead atoms. The van der Waals surface area contributed by atoms with E-state index in [1.54, 1.807) is 6.07 Å². The van der Waals surface area contributed by atoms with E-state index in [2.05, 4.69) is 43.7 Å². The summed E-state index contributed by atoms with van der Waals surface area (Å²) in [6.07, 6.45) is 0.753. The summed E-state index contributed by atoms with van der Waals surface area (Å²) < 4.78 is 3.12. The van der Waals surface area contributed by atoms with Gasteiger partial charge in [-0.25, -0.2) is 4.98 Å². The summed E-state index contributed by atoms with van der Waals surface area (Å²) in [6.45, 7) is 0. The molecule has 0 amide bonds. The van der Waals surface area contributed by atoms with E-state index in [-0.39, 0.29) is 0 Å². The lowest BCUT2D eigenvalue weighted by atomic mass is 10.1. The topological polar surface area (TPSA) is 41.6 Å². The van der Waals surface area contributed by atoms with E-state index in [4.69, 9.17) is 5.26 Å². The first-order valence-corrected chi connectivity index (χ1v) is 7.07.